The van der Waals surface area contributed by atoms with Crippen molar-refractivity contribution in [2.24, 2.45) is 5.92 Å². The highest BCUT2D eigenvalue weighted by molar-refractivity contribution is 7.09. The normalized spacial score (nSPS) is 20.1. The summed E-state index contributed by atoms with van der Waals surface area (Å²) < 4.78 is 5.60. The molecule has 1 aromatic rings. The predicted molar refractivity (Wildman–Crippen MR) is 62.2 cm³/mol. The van der Waals surface area contributed by atoms with Gasteiger partial charge in [0.15, 0.2) is 0 Å². The number of rotatable bonds is 6. The first-order valence-corrected chi connectivity index (χ1v) is 6.30. The lowest BCUT2D eigenvalue weighted by atomic mass is 10.0. The van der Waals surface area contributed by atoms with Crippen molar-refractivity contribution in [2.45, 2.75) is 31.4 Å². The number of hydrogen-bond acceptors (Lipinski definition) is 4. The van der Waals surface area contributed by atoms with Crippen molar-refractivity contribution < 1.29 is 4.74 Å². The zero-order valence-electron chi connectivity index (χ0n) is 9.27. The summed E-state index contributed by atoms with van der Waals surface area (Å²) in [5.74, 6) is 0.764. The number of hydrogen-bond donors (Lipinski definition) is 1. The van der Waals surface area contributed by atoms with E-state index in [1.54, 1.807) is 11.3 Å². The van der Waals surface area contributed by atoms with E-state index in [0.29, 0.717) is 12.1 Å². The van der Waals surface area contributed by atoms with Crippen LogP contribution in [0, 0.1) is 5.92 Å². The zero-order chi connectivity index (χ0) is 10.7. The molecule has 0 bridgehead atoms. The summed E-state index contributed by atoms with van der Waals surface area (Å²) in [6.45, 7) is 0. The first-order valence-electron chi connectivity index (χ1n) is 5.42. The smallest absolute Gasteiger partial charge is 0.0794 e. The quantitative estimate of drug-likeness (QED) is 0.801. The van der Waals surface area contributed by atoms with Gasteiger partial charge in [-0.15, -0.1) is 11.3 Å². The Morgan fingerprint density at radius 3 is 2.93 bits per heavy atom. The van der Waals surface area contributed by atoms with Crippen LogP contribution in [-0.4, -0.2) is 31.3 Å². The molecule has 0 aromatic carbocycles. The molecule has 0 spiro atoms. The lowest BCUT2D eigenvalue weighted by molar-refractivity contribution is 0.0536. The first kappa shape index (κ1) is 11.0. The third kappa shape index (κ3) is 2.77. The van der Waals surface area contributed by atoms with Gasteiger partial charge in [-0.3, -0.25) is 4.98 Å². The molecule has 0 aliphatic heterocycles. The third-order valence-corrected chi connectivity index (χ3v) is 3.83. The van der Waals surface area contributed by atoms with Gasteiger partial charge in [-0.1, -0.05) is 0 Å². The van der Waals surface area contributed by atoms with Crippen molar-refractivity contribution in [3.63, 3.8) is 0 Å². The van der Waals surface area contributed by atoms with Crippen LogP contribution in [-0.2, 0) is 11.2 Å². The van der Waals surface area contributed by atoms with Crippen LogP contribution in [0.25, 0.3) is 0 Å². The highest BCUT2D eigenvalue weighted by atomic mass is 32.1. The number of aromatic nitrogens is 1. The minimum Gasteiger partial charge on any atom is -0.380 e. The van der Waals surface area contributed by atoms with Gasteiger partial charge in [-0.05, 0) is 25.8 Å². The van der Waals surface area contributed by atoms with E-state index in [0.717, 1.165) is 12.3 Å². The molecule has 1 aliphatic carbocycles. The van der Waals surface area contributed by atoms with Gasteiger partial charge in [0.2, 0.25) is 0 Å². The number of ether oxygens (including phenoxy) is 1. The van der Waals surface area contributed by atoms with Crippen molar-refractivity contribution in [2.75, 3.05) is 14.2 Å². The number of thiazole rings is 1. The largest absolute Gasteiger partial charge is 0.380 e. The Bertz CT molecular complexity index is 285. The van der Waals surface area contributed by atoms with E-state index < -0.39 is 0 Å². The van der Waals surface area contributed by atoms with Crippen LogP contribution in [0.5, 0.6) is 0 Å². The summed E-state index contributed by atoms with van der Waals surface area (Å²) in [4.78, 5) is 5.44. The molecule has 1 fully saturated rings. The topological polar surface area (TPSA) is 34.2 Å². The monoisotopic (exact) mass is 226 g/mol. The Morgan fingerprint density at radius 2 is 2.47 bits per heavy atom. The van der Waals surface area contributed by atoms with Crippen LogP contribution in [0.4, 0.5) is 0 Å². The Kier molecular flexibility index (Phi) is 3.72. The predicted octanol–water partition coefficient (Wildman–Crippen LogP) is 1.70. The lowest BCUT2D eigenvalue weighted by Gasteiger charge is -2.25. The minimum absolute atomic E-state index is 0.358. The van der Waals surface area contributed by atoms with E-state index in [2.05, 4.69) is 10.3 Å². The Morgan fingerprint density at radius 1 is 1.67 bits per heavy atom. The van der Waals surface area contributed by atoms with E-state index in [9.17, 15) is 0 Å². The van der Waals surface area contributed by atoms with Crippen molar-refractivity contribution >= 4 is 11.3 Å². The molecule has 0 saturated heterocycles. The SMILES string of the molecule is CNC(Cc1cncs1)C(OC)C1CC1. The number of nitrogens with one attached hydrogen (secondary N) is 1. The maximum absolute atomic E-state index is 5.60. The van der Waals surface area contributed by atoms with Gasteiger partial charge in [0, 0.05) is 30.6 Å². The van der Waals surface area contributed by atoms with Gasteiger partial charge >= 0.3 is 0 Å². The van der Waals surface area contributed by atoms with Crippen molar-refractivity contribution in [3.05, 3.63) is 16.6 Å². The third-order valence-electron chi connectivity index (χ3n) is 3.03. The summed E-state index contributed by atoms with van der Waals surface area (Å²) in [6.07, 6.45) is 5.97. The van der Waals surface area contributed by atoms with Crippen molar-refractivity contribution in [1.82, 2.24) is 10.3 Å². The van der Waals surface area contributed by atoms with Crippen LogP contribution in [0.3, 0.4) is 0 Å². The van der Waals surface area contributed by atoms with Crippen LogP contribution in [0.15, 0.2) is 11.7 Å². The van der Waals surface area contributed by atoms with E-state index in [4.69, 9.17) is 4.74 Å². The fourth-order valence-electron chi connectivity index (χ4n) is 2.05. The maximum atomic E-state index is 5.60. The van der Waals surface area contributed by atoms with Gasteiger partial charge in [0.05, 0.1) is 11.6 Å². The van der Waals surface area contributed by atoms with Gasteiger partial charge < -0.3 is 10.1 Å². The molecule has 1 heterocycles. The Hall–Kier alpha value is -0.450. The van der Waals surface area contributed by atoms with Crippen LogP contribution in [0.2, 0.25) is 0 Å². The second kappa shape index (κ2) is 5.05. The van der Waals surface area contributed by atoms with Gasteiger partial charge in [0.1, 0.15) is 0 Å². The Balaban J connectivity index is 1.96. The van der Waals surface area contributed by atoms with E-state index >= 15 is 0 Å². The summed E-state index contributed by atoms with van der Waals surface area (Å²) in [7, 11) is 3.83. The van der Waals surface area contributed by atoms with Gasteiger partial charge in [0.25, 0.3) is 0 Å². The summed E-state index contributed by atoms with van der Waals surface area (Å²) in [5.41, 5.74) is 1.89. The van der Waals surface area contributed by atoms with Gasteiger partial charge in [-0.25, -0.2) is 0 Å². The molecule has 1 aliphatic rings. The van der Waals surface area contributed by atoms with Crippen molar-refractivity contribution in [1.29, 1.82) is 0 Å². The summed E-state index contributed by atoms with van der Waals surface area (Å²) >= 11 is 1.72. The average Bonchev–Trinajstić information content (AvgIpc) is 2.95. The maximum Gasteiger partial charge on any atom is 0.0794 e. The Labute approximate surface area is 94.9 Å². The molecule has 15 heavy (non-hydrogen) atoms. The second-order valence-electron chi connectivity index (χ2n) is 4.10. The van der Waals surface area contributed by atoms with E-state index in [1.165, 1.54) is 17.7 Å². The number of methoxy groups -OCH3 is 1. The lowest BCUT2D eigenvalue weighted by Crippen LogP contribution is -2.41. The van der Waals surface area contributed by atoms with E-state index in [-0.39, 0.29) is 0 Å². The van der Waals surface area contributed by atoms with E-state index in [1.807, 2.05) is 25.9 Å². The molecule has 1 aromatic heterocycles. The van der Waals surface area contributed by atoms with Crippen LogP contribution >= 0.6 is 11.3 Å². The fourth-order valence-corrected chi connectivity index (χ4v) is 2.71. The molecule has 2 rings (SSSR count). The molecule has 4 heteroatoms. The zero-order valence-corrected chi connectivity index (χ0v) is 10.1. The number of nitrogens with zero attached hydrogens (tertiary/aromatic N) is 1. The molecule has 3 nitrogen and oxygen atoms in total. The van der Waals surface area contributed by atoms with Crippen LogP contribution < -0.4 is 5.32 Å². The average molecular weight is 226 g/mol. The standard InChI is InChI=1S/C11H18N2OS/c1-12-10(5-9-6-13-7-15-9)11(14-2)8-3-4-8/h6-8,10-12H,3-5H2,1-2H3. The molecule has 0 radical (unpaired) electrons. The second-order valence-corrected chi connectivity index (χ2v) is 5.08. The molecule has 2 atom stereocenters. The molecule has 84 valence electrons. The molecule has 0 amide bonds. The number of likely N-dealkylation sites (N-methyl/N-ethyl adjacent to an activating group) is 1. The molecule has 2 unspecified atom stereocenters. The van der Waals surface area contributed by atoms with Gasteiger partial charge in [-0.2, -0.15) is 0 Å². The van der Waals surface area contributed by atoms with Crippen molar-refractivity contribution in [3.8, 4) is 0 Å². The fraction of sp³-hybridized carbons (Fsp3) is 0.727. The summed E-state index contributed by atoms with van der Waals surface area (Å²) in [6, 6.07) is 0.419. The minimum atomic E-state index is 0.358. The van der Waals surface area contributed by atoms with Crippen LogP contribution in [0.1, 0.15) is 17.7 Å². The molecule has 1 N–H and O–H groups in total. The first-order chi connectivity index (χ1) is 7.35. The molecular formula is C11H18N2OS. The molecular weight excluding hydrogens is 208 g/mol. The highest BCUT2D eigenvalue weighted by Gasteiger charge is 2.36. The summed E-state index contributed by atoms with van der Waals surface area (Å²) in [5, 5.41) is 3.37. The highest BCUT2D eigenvalue weighted by Crippen LogP contribution is 2.36. The molecule has 1 saturated carbocycles.